The molecule has 19 nitrogen and oxygen atoms in total. The number of rotatable bonds is 32. The molecule has 10 N–H and O–H groups in total. The van der Waals surface area contributed by atoms with E-state index in [1.807, 2.05) is 60.7 Å². The Kier molecular flexibility index (Phi) is 25.5. The second kappa shape index (κ2) is 30.5. The van der Waals surface area contributed by atoms with E-state index in [1.54, 1.807) is 0 Å². The molecule has 2 aromatic rings. The minimum Gasteiger partial charge on any atom is -0.481 e. The highest BCUT2D eigenvalue weighted by Gasteiger charge is 2.28. The van der Waals surface area contributed by atoms with Crippen LogP contribution in [0.3, 0.4) is 0 Å². The average Bonchev–Trinajstić information content (AvgIpc) is 3.25. The van der Waals surface area contributed by atoms with Gasteiger partial charge in [-0.2, -0.15) is 0 Å². The standard InChI is InChI=1S/C44H63N7O12/c1-45-36(52)22-15-23-38(54)48-35(29-31-18-9-6-10-19-31)41(58)49-34(28-30-16-7-5-8-17-30)40(57)47-27-13-4-2-3-11-21-37(53)46-26-14-12-20-32(42(59)60)50-44(63)51-33(43(61)62)24-25-39(55)56/h5-10,16-19,32-35H,2-4,11-15,20-29H2,1H3,(H,45,52)(H,46,53)(H,47,57)(H,48,54)(H,49,58)(H,55,56)(H,59,60)(H,61,62)(H2,50,51,63)/t32?,33?,34-,35-/m1/s1. The van der Waals surface area contributed by atoms with E-state index in [9.17, 15) is 53.4 Å². The third kappa shape index (κ3) is 23.9. The van der Waals surface area contributed by atoms with E-state index in [0.29, 0.717) is 51.6 Å². The van der Waals surface area contributed by atoms with Crippen LogP contribution in [-0.2, 0) is 51.2 Å². The first-order valence-corrected chi connectivity index (χ1v) is 21.4. The van der Waals surface area contributed by atoms with Crippen LogP contribution < -0.4 is 37.2 Å². The second-order valence-electron chi connectivity index (χ2n) is 15.1. The first-order chi connectivity index (χ1) is 30.2. The number of carbonyl (C=O) groups is 9. The Morgan fingerprint density at radius 3 is 1.52 bits per heavy atom. The summed E-state index contributed by atoms with van der Waals surface area (Å²) in [6, 6.07) is 12.7. The second-order valence-corrected chi connectivity index (χ2v) is 15.1. The van der Waals surface area contributed by atoms with Gasteiger partial charge in [0.25, 0.3) is 0 Å². The number of aliphatic carboxylic acids is 3. The summed E-state index contributed by atoms with van der Waals surface area (Å²) < 4.78 is 0. The van der Waals surface area contributed by atoms with Crippen molar-refractivity contribution in [2.75, 3.05) is 20.1 Å². The predicted octanol–water partition coefficient (Wildman–Crippen LogP) is 2.17. The molecule has 0 aliphatic carbocycles. The molecule has 0 bridgehead atoms. The number of benzene rings is 2. The van der Waals surface area contributed by atoms with Gasteiger partial charge in [0.1, 0.15) is 24.2 Å². The van der Waals surface area contributed by atoms with Crippen LogP contribution in [0.25, 0.3) is 0 Å². The van der Waals surface area contributed by atoms with Gasteiger partial charge in [-0.05, 0) is 56.1 Å². The Balaban J connectivity index is 1.75. The predicted molar refractivity (Wildman–Crippen MR) is 231 cm³/mol. The first kappa shape index (κ1) is 52.6. The molecule has 63 heavy (non-hydrogen) atoms. The van der Waals surface area contributed by atoms with Gasteiger partial charge in [-0.25, -0.2) is 14.4 Å². The van der Waals surface area contributed by atoms with E-state index in [4.69, 9.17) is 5.11 Å². The van der Waals surface area contributed by atoms with Crippen molar-refractivity contribution in [1.29, 1.82) is 0 Å². The van der Waals surface area contributed by atoms with Crippen LogP contribution in [0.5, 0.6) is 0 Å². The third-order valence-electron chi connectivity index (χ3n) is 9.91. The maximum atomic E-state index is 13.7. The fraction of sp³-hybridized carbons (Fsp3) is 0.523. The highest BCUT2D eigenvalue weighted by atomic mass is 16.4. The zero-order valence-corrected chi connectivity index (χ0v) is 35.8. The summed E-state index contributed by atoms with van der Waals surface area (Å²) in [5.74, 6) is -5.62. The average molecular weight is 882 g/mol. The van der Waals surface area contributed by atoms with Gasteiger partial charge in [0, 0.05) is 58.7 Å². The van der Waals surface area contributed by atoms with Gasteiger partial charge in [0.2, 0.25) is 29.5 Å². The highest BCUT2D eigenvalue weighted by Crippen LogP contribution is 2.10. The number of hydrogen-bond acceptors (Lipinski definition) is 9. The fourth-order valence-corrected chi connectivity index (χ4v) is 6.40. The lowest BCUT2D eigenvalue weighted by molar-refractivity contribution is -0.141. The van der Waals surface area contributed by atoms with Crippen LogP contribution in [0.4, 0.5) is 4.79 Å². The molecule has 2 unspecified atom stereocenters. The number of carboxylic acid groups (broad SMARTS) is 3. The third-order valence-corrected chi connectivity index (χ3v) is 9.91. The molecule has 0 saturated heterocycles. The molecule has 7 amide bonds. The number of carbonyl (C=O) groups excluding carboxylic acids is 6. The first-order valence-electron chi connectivity index (χ1n) is 21.4. The van der Waals surface area contributed by atoms with E-state index < -0.39 is 60.4 Å². The Morgan fingerprint density at radius 2 is 0.952 bits per heavy atom. The molecule has 0 fully saturated rings. The lowest BCUT2D eigenvalue weighted by Crippen LogP contribution is -2.55. The van der Waals surface area contributed by atoms with Crippen LogP contribution >= 0.6 is 0 Å². The van der Waals surface area contributed by atoms with Crippen molar-refractivity contribution in [1.82, 2.24) is 37.2 Å². The molecule has 2 aromatic carbocycles. The Hall–Kier alpha value is -6.53. The summed E-state index contributed by atoms with van der Waals surface area (Å²) in [5.41, 5.74) is 1.66. The molecule has 0 spiro atoms. The zero-order valence-electron chi connectivity index (χ0n) is 35.8. The molecule has 0 aliphatic heterocycles. The van der Waals surface area contributed by atoms with Crippen LogP contribution in [0.1, 0.15) is 101 Å². The monoisotopic (exact) mass is 881 g/mol. The van der Waals surface area contributed by atoms with Crippen molar-refractivity contribution in [2.24, 2.45) is 0 Å². The summed E-state index contributed by atoms with van der Waals surface area (Å²) in [6.45, 7) is 0.663. The summed E-state index contributed by atoms with van der Waals surface area (Å²) >= 11 is 0. The van der Waals surface area contributed by atoms with E-state index in [0.717, 1.165) is 30.4 Å². The zero-order chi connectivity index (χ0) is 46.4. The number of nitrogens with one attached hydrogen (secondary N) is 7. The molecule has 19 heteroatoms. The maximum Gasteiger partial charge on any atom is 0.326 e. The molecule has 0 aromatic heterocycles. The molecular formula is C44H63N7O12. The van der Waals surface area contributed by atoms with Gasteiger partial charge >= 0.3 is 23.9 Å². The molecule has 346 valence electrons. The van der Waals surface area contributed by atoms with Crippen molar-refractivity contribution in [2.45, 2.75) is 127 Å². The van der Waals surface area contributed by atoms with Crippen LogP contribution in [0.2, 0.25) is 0 Å². The minimum absolute atomic E-state index is 0.0203. The van der Waals surface area contributed by atoms with Crippen molar-refractivity contribution in [3.05, 3.63) is 71.8 Å². The fourth-order valence-electron chi connectivity index (χ4n) is 6.40. The summed E-state index contributed by atoms with van der Waals surface area (Å²) in [6.07, 6.45) is 4.90. The quantitative estimate of drug-likeness (QED) is 0.0473. The number of unbranched alkanes of at least 4 members (excludes halogenated alkanes) is 5. The van der Waals surface area contributed by atoms with Crippen LogP contribution in [-0.4, -0.2) is 113 Å². The lowest BCUT2D eigenvalue weighted by atomic mass is 10.0. The largest absolute Gasteiger partial charge is 0.481 e. The molecule has 2 rings (SSSR count). The van der Waals surface area contributed by atoms with Crippen molar-refractivity contribution < 1.29 is 58.5 Å². The number of amides is 7. The number of carboxylic acids is 3. The van der Waals surface area contributed by atoms with E-state index in [-0.39, 0.29) is 62.2 Å². The molecule has 0 heterocycles. The lowest BCUT2D eigenvalue weighted by Gasteiger charge is -2.23. The van der Waals surface area contributed by atoms with Gasteiger partial charge in [-0.3, -0.25) is 28.8 Å². The van der Waals surface area contributed by atoms with Crippen molar-refractivity contribution in [3.8, 4) is 0 Å². The van der Waals surface area contributed by atoms with Crippen LogP contribution in [0.15, 0.2) is 60.7 Å². The van der Waals surface area contributed by atoms with Gasteiger partial charge in [0.15, 0.2) is 0 Å². The van der Waals surface area contributed by atoms with E-state index in [1.165, 1.54) is 7.05 Å². The van der Waals surface area contributed by atoms with E-state index in [2.05, 4.69) is 37.2 Å². The number of urea groups is 1. The molecular weight excluding hydrogens is 819 g/mol. The van der Waals surface area contributed by atoms with Gasteiger partial charge in [-0.1, -0.05) is 79.9 Å². The minimum atomic E-state index is -1.50. The summed E-state index contributed by atoms with van der Waals surface area (Å²) in [4.78, 5) is 110. The normalized spacial score (nSPS) is 12.6. The Labute approximate surface area is 367 Å². The molecule has 4 atom stereocenters. The van der Waals surface area contributed by atoms with Crippen LogP contribution in [0, 0.1) is 0 Å². The van der Waals surface area contributed by atoms with Gasteiger partial charge in [0.05, 0.1) is 0 Å². The Morgan fingerprint density at radius 1 is 0.460 bits per heavy atom. The van der Waals surface area contributed by atoms with Crippen molar-refractivity contribution >= 4 is 53.5 Å². The van der Waals surface area contributed by atoms with Gasteiger partial charge < -0.3 is 52.5 Å². The summed E-state index contributed by atoms with van der Waals surface area (Å²) in [7, 11) is 1.52. The summed E-state index contributed by atoms with van der Waals surface area (Å²) in [5, 5.41) is 45.5. The number of hydrogen-bond donors (Lipinski definition) is 10. The van der Waals surface area contributed by atoms with Crippen molar-refractivity contribution in [3.63, 3.8) is 0 Å². The topological polar surface area (TPSA) is 299 Å². The highest BCUT2D eigenvalue weighted by molar-refractivity contribution is 5.92. The van der Waals surface area contributed by atoms with Gasteiger partial charge in [-0.15, -0.1) is 0 Å². The molecule has 0 saturated carbocycles. The van der Waals surface area contributed by atoms with E-state index >= 15 is 0 Å². The smallest absolute Gasteiger partial charge is 0.326 e. The Bertz CT molecular complexity index is 1780. The molecule has 0 radical (unpaired) electrons. The maximum absolute atomic E-state index is 13.7. The SMILES string of the molecule is CNC(=O)CCCC(=O)N[C@H](Cc1ccccc1)C(=O)N[C@H](Cc1ccccc1)C(=O)NCCCCCCCC(=O)NCCCCC(NC(=O)NC(CCC(=O)O)C(=O)O)C(=O)O. The molecule has 0 aliphatic rings.